The molecule has 1 aromatic carbocycles. The van der Waals surface area contributed by atoms with E-state index in [9.17, 15) is 9.50 Å². The molecular formula is C10H13ClFNO2. The van der Waals surface area contributed by atoms with Crippen molar-refractivity contribution in [3.63, 3.8) is 0 Å². The number of aliphatic hydroxyl groups is 1. The van der Waals surface area contributed by atoms with Gasteiger partial charge in [0, 0.05) is 11.6 Å². The first-order chi connectivity index (χ1) is 6.97. The zero-order chi connectivity index (χ0) is 11.6. The predicted octanol–water partition coefficient (Wildman–Crippen LogP) is 1.87. The van der Waals surface area contributed by atoms with Crippen LogP contribution in [0.15, 0.2) is 12.1 Å². The van der Waals surface area contributed by atoms with Gasteiger partial charge in [-0.15, -0.1) is 0 Å². The van der Waals surface area contributed by atoms with Gasteiger partial charge in [0.1, 0.15) is 11.6 Å². The molecule has 0 amide bonds. The van der Waals surface area contributed by atoms with Crippen LogP contribution in [-0.2, 0) is 0 Å². The van der Waals surface area contributed by atoms with E-state index in [4.69, 9.17) is 22.1 Å². The van der Waals surface area contributed by atoms with Crippen molar-refractivity contribution in [3.8, 4) is 5.75 Å². The van der Waals surface area contributed by atoms with Gasteiger partial charge in [0.25, 0.3) is 0 Å². The third kappa shape index (κ3) is 2.59. The summed E-state index contributed by atoms with van der Waals surface area (Å²) in [5, 5.41) is 9.79. The lowest BCUT2D eigenvalue weighted by atomic mass is 10.0. The monoisotopic (exact) mass is 233 g/mol. The lowest BCUT2D eigenvalue weighted by Gasteiger charge is -2.16. The lowest BCUT2D eigenvalue weighted by molar-refractivity contribution is 0.148. The first-order valence-electron chi connectivity index (χ1n) is 4.44. The van der Waals surface area contributed by atoms with Crippen molar-refractivity contribution in [1.29, 1.82) is 0 Å². The lowest BCUT2D eigenvalue weighted by Crippen LogP contribution is -2.25. The highest BCUT2D eigenvalue weighted by molar-refractivity contribution is 6.32. The Bertz CT molecular complexity index is 358. The maximum absolute atomic E-state index is 13.4. The molecule has 1 rings (SSSR count). The van der Waals surface area contributed by atoms with E-state index in [-0.39, 0.29) is 10.6 Å². The van der Waals surface area contributed by atoms with Crippen molar-refractivity contribution in [1.82, 2.24) is 0 Å². The fourth-order valence-electron chi connectivity index (χ4n) is 1.21. The van der Waals surface area contributed by atoms with Crippen LogP contribution in [0.25, 0.3) is 0 Å². The Balaban J connectivity index is 3.18. The molecule has 84 valence electrons. The molecular weight excluding hydrogens is 221 g/mol. The molecule has 0 aliphatic carbocycles. The molecule has 0 saturated carbocycles. The summed E-state index contributed by atoms with van der Waals surface area (Å²) in [6, 6.07) is 1.89. The molecule has 0 aliphatic rings. The molecule has 0 aliphatic heterocycles. The Labute approximate surface area is 92.6 Å². The van der Waals surface area contributed by atoms with Crippen molar-refractivity contribution < 1.29 is 14.2 Å². The Hall–Kier alpha value is -0.840. The summed E-state index contributed by atoms with van der Waals surface area (Å²) in [5.41, 5.74) is 5.57. The number of benzene rings is 1. The van der Waals surface area contributed by atoms with E-state index in [0.29, 0.717) is 5.75 Å². The second kappa shape index (κ2) is 4.79. The Morgan fingerprint density at radius 3 is 2.60 bits per heavy atom. The molecule has 2 atom stereocenters. The molecule has 0 bridgehead atoms. The minimum atomic E-state index is -1.07. The van der Waals surface area contributed by atoms with E-state index in [0.717, 1.165) is 6.07 Å². The van der Waals surface area contributed by atoms with Crippen molar-refractivity contribution >= 4 is 11.6 Å². The maximum atomic E-state index is 13.4. The number of rotatable bonds is 3. The minimum absolute atomic E-state index is 0.0891. The third-order valence-electron chi connectivity index (χ3n) is 2.09. The number of aliphatic hydroxyl groups excluding tert-OH is 1. The number of ether oxygens (including phenoxy) is 1. The van der Waals surface area contributed by atoms with E-state index < -0.39 is 18.0 Å². The van der Waals surface area contributed by atoms with Gasteiger partial charge in [0.05, 0.1) is 18.2 Å². The van der Waals surface area contributed by atoms with E-state index in [1.807, 2.05) is 0 Å². The zero-order valence-corrected chi connectivity index (χ0v) is 9.25. The van der Waals surface area contributed by atoms with E-state index in [1.165, 1.54) is 13.2 Å². The topological polar surface area (TPSA) is 55.5 Å². The Kier molecular flexibility index (Phi) is 3.90. The fourth-order valence-corrected chi connectivity index (χ4v) is 1.44. The van der Waals surface area contributed by atoms with Gasteiger partial charge in [-0.1, -0.05) is 11.6 Å². The van der Waals surface area contributed by atoms with Crippen LogP contribution in [0, 0.1) is 5.82 Å². The third-order valence-corrected chi connectivity index (χ3v) is 2.38. The van der Waals surface area contributed by atoms with E-state index in [2.05, 4.69) is 0 Å². The van der Waals surface area contributed by atoms with E-state index in [1.54, 1.807) is 6.92 Å². The molecule has 0 heterocycles. The van der Waals surface area contributed by atoms with Gasteiger partial charge in [0.15, 0.2) is 0 Å². The normalized spacial score (nSPS) is 14.8. The summed E-state index contributed by atoms with van der Waals surface area (Å²) in [6.45, 7) is 1.59. The SMILES string of the molecule is COc1cc([C@@H](O)[C@H](C)N)c(F)cc1Cl. The van der Waals surface area contributed by atoms with Gasteiger partial charge in [0.2, 0.25) is 0 Å². The van der Waals surface area contributed by atoms with Crippen LogP contribution in [0.1, 0.15) is 18.6 Å². The molecule has 0 spiro atoms. The van der Waals surface area contributed by atoms with Gasteiger partial charge < -0.3 is 15.6 Å². The summed E-state index contributed by atoms with van der Waals surface area (Å²) in [6.07, 6.45) is -1.07. The fraction of sp³-hybridized carbons (Fsp3) is 0.400. The summed E-state index contributed by atoms with van der Waals surface area (Å²) in [7, 11) is 1.42. The van der Waals surface area contributed by atoms with Crippen LogP contribution in [0.3, 0.4) is 0 Å². The zero-order valence-electron chi connectivity index (χ0n) is 8.50. The van der Waals surface area contributed by atoms with Crippen molar-refractivity contribution in [2.45, 2.75) is 19.1 Å². The quantitative estimate of drug-likeness (QED) is 0.838. The first-order valence-corrected chi connectivity index (χ1v) is 4.81. The van der Waals surface area contributed by atoms with Crippen LogP contribution in [0.4, 0.5) is 4.39 Å². The molecule has 0 saturated heterocycles. The highest BCUT2D eigenvalue weighted by atomic mass is 35.5. The average molecular weight is 234 g/mol. The van der Waals surface area contributed by atoms with Crippen molar-refractivity contribution in [2.24, 2.45) is 5.73 Å². The molecule has 15 heavy (non-hydrogen) atoms. The summed E-state index contributed by atoms with van der Waals surface area (Å²) < 4.78 is 18.3. The first kappa shape index (κ1) is 12.2. The van der Waals surface area contributed by atoms with Crippen LogP contribution in [-0.4, -0.2) is 18.3 Å². The van der Waals surface area contributed by atoms with Gasteiger partial charge in [-0.2, -0.15) is 0 Å². The van der Waals surface area contributed by atoms with Gasteiger partial charge in [-0.25, -0.2) is 4.39 Å². The van der Waals surface area contributed by atoms with Gasteiger partial charge >= 0.3 is 0 Å². The van der Waals surface area contributed by atoms with Crippen molar-refractivity contribution in [3.05, 3.63) is 28.5 Å². The van der Waals surface area contributed by atoms with Crippen molar-refractivity contribution in [2.75, 3.05) is 7.11 Å². The second-order valence-corrected chi connectivity index (χ2v) is 3.72. The number of methoxy groups -OCH3 is 1. The number of nitrogens with two attached hydrogens (primary N) is 1. The number of halogens is 2. The summed E-state index contributed by atoms with van der Waals surface area (Å²) in [4.78, 5) is 0. The Morgan fingerprint density at radius 1 is 1.53 bits per heavy atom. The Morgan fingerprint density at radius 2 is 2.13 bits per heavy atom. The number of hydrogen-bond acceptors (Lipinski definition) is 3. The maximum Gasteiger partial charge on any atom is 0.138 e. The smallest absolute Gasteiger partial charge is 0.138 e. The number of hydrogen-bond donors (Lipinski definition) is 2. The van der Waals surface area contributed by atoms with Crippen LogP contribution in [0.5, 0.6) is 5.75 Å². The molecule has 0 radical (unpaired) electrons. The average Bonchev–Trinajstić information content (AvgIpc) is 2.17. The van der Waals surface area contributed by atoms with E-state index >= 15 is 0 Å². The van der Waals surface area contributed by atoms with Crippen LogP contribution < -0.4 is 10.5 Å². The molecule has 3 N–H and O–H groups in total. The molecule has 3 nitrogen and oxygen atoms in total. The van der Waals surface area contributed by atoms with Gasteiger partial charge in [-0.05, 0) is 19.1 Å². The molecule has 0 unspecified atom stereocenters. The van der Waals surface area contributed by atoms with Gasteiger partial charge in [-0.3, -0.25) is 0 Å². The largest absolute Gasteiger partial charge is 0.495 e. The molecule has 0 fully saturated rings. The second-order valence-electron chi connectivity index (χ2n) is 3.31. The summed E-state index contributed by atoms with van der Waals surface area (Å²) >= 11 is 5.71. The predicted molar refractivity (Wildman–Crippen MR) is 56.6 cm³/mol. The highest BCUT2D eigenvalue weighted by Crippen LogP contribution is 2.30. The molecule has 1 aromatic rings. The molecule has 0 aromatic heterocycles. The van der Waals surface area contributed by atoms with Crippen LogP contribution >= 0.6 is 11.6 Å². The van der Waals surface area contributed by atoms with Crippen LogP contribution in [0.2, 0.25) is 5.02 Å². The highest BCUT2D eigenvalue weighted by Gasteiger charge is 2.19. The summed E-state index contributed by atoms with van der Waals surface area (Å²) in [5.74, 6) is -0.279. The minimum Gasteiger partial charge on any atom is -0.495 e. The molecule has 5 heteroatoms. The standard InChI is InChI=1S/C10H13ClFNO2/c1-5(13)10(14)6-3-9(15-2)7(11)4-8(6)12/h3-5,10,14H,13H2,1-2H3/t5-,10-/m0/s1.